The first-order chi connectivity index (χ1) is 12.0. The Bertz CT molecular complexity index is 833. The molecule has 0 saturated carbocycles. The smallest absolute Gasteiger partial charge is 0.264 e. The molecule has 1 saturated heterocycles. The van der Waals surface area contributed by atoms with Crippen molar-refractivity contribution in [3.8, 4) is 5.75 Å². The lowest BCUT2D eigenvalue weighted by atomic mass is 9.94. The zero-order valence-corrected chi connectivity index (χ0v) is 15.3. The third-order valence-corrected chi connectivity index (χ3v) is 5.16. The molecule has 1 aliphatic heterocycles. The average molecular weight is 365 g/mol. The van der Waals surface area contributed by atoms with E-state index in [9.17, 15) is 8.42 Å². The fraction of sp³-hybridized carbons (Fsp3) is 0.529. The van der Waals surface area contributed by atoms with Crippen molar-refractivity contribution in [2.45, 2.75) is 19.3 Å². The molecule has 0 spiro atoms. The summed E-state index contributed by atoms with van der Waals surface area (Å²) in [7, 11) is -1.71. The van der Waals surface area contributed by atoms with Crippen LogP contribution < -0.4 is 9.64 Å². The highest BCUT2D eigenvalue weighted by atomic mass is 32.2. The first-order valence-electron chi connectivity index (χ1n) is 8.34. The molecule has 0 N–H and O–H groups in total. The predicted molar refractivity (Wildman–Crippen MR) is 96.4 cm³/mol. The van der Waals surface area contributed by atoms with E-state index in [1.54, 1.807) is 13.4 Å². The number of benzene rings is 1. The van der Waals surface area contributed by atoms with Gasteiger partial charge in [0.25, 0.3) is 10.1 Å². The Balaban J connectivity index is 1.64. The fourth-order valence-corrected chi connectivity index (χ4v) is 3.60. The van der Waals surface area contributed by atoms with Crippen LogP contribution in [0.4, 0.5) is 5.82 Å². The van der Waals surface area contributed by atoms with Crippen molar-refractivity contribution in [3.05, 3.63) is 24.5 Å². The number of hydrogen-bond donors (Lipinski definition) is 0. The van der Waals surface area contributed by atoms with Gasteiger partial charge in [-0.3, -0.25) is 4.18 Å². The number of nitrogens with zero attached hydrogens (tertiary/aromatic N) is 3. The van der Waals surface area contributed by atoms with E-state index in [4.69, 9.17) is 8.92 Å². The molecule has 2 aromatic rings. The van der Waals surface area contributed by atoms with Crippen molar-refractivity contribution in [1.82, 2.24) is 9.97 Å². The molecule has 1 aliphatic rings. The van der Waals surface area contributed by atoms with Gasteiger partial charge in [0.2, 0.25) is 0 Å². The molecule has 0 amide bonds. The SMILES string of the molecule is COc1ccc2c(N3CCC(CCOS(C)(=O)=O)CC3)ncnc2c1. The van der Waals surface area contributed by atoms with Gasteiger partial charge >= 0.3 is 0 Å². The second-order valence-electron chi connectivity index (χ2n) is 6.33. The minimum absolute atomic E-state index is 0.264. The Labute approximate surface area is 148 Å². The van der Waals surface area contributed by atoms with E-state index < -0.39 is 10.1 Å². The van der Waals surface area contributed by atoms with Gasteiger partial charge in [-0.25, -0.2) is 9.97 Å². The van der Waals surface area contributed by atoms with Crippen LogP contribution in [0.25, 0.3) is 10.9 Å². The van der Waals surface area contributed by atoms with Crippen molar-refractivity contribution < 1.29 is 17.3 Å². The van der Waals surface area contributed by atoms with Gasteiger partial charge in [-0.1, -0.05) is 0 Å². The zero-order chi connectivity index (χ0) is 17.9. The molecule has 1 aromatic carbocycles. The number of hydrogen-bond acceptors (Lipinski definition) is 7. The maximum atomic E-state index is 11.0. The lowest BCUT2D eigenvalue weighted by Gasteiger charge is -2.33. The van der Waals surface area contributed by atoms with E-state index >= 15 is 0 Å². The molecular formula is C17H23N3O4S. The van der Waals surface area contributed by atoms with Gasteiger partial charge in [0.05, 0.1) is 25.5 Å². The van der Waals surface area contributed by atoms with Crippen molar-refractivity contribution >= 4 is 26.8 Å². The number of methoxy groups -OCH3 is 1. The van der Waals surface area contributed by atoms with Gasteiger partial charge in [-0.2, -0.15) is 8.42 Å². The summed E-state index contributed by atoms with van der Waals surface area (Å²) in [4.78, 5) is 11.1. The summed E-state index contributed by atoms with van der Waals surface area (Å²) in [6.45, 7) is 2.04. The molecule has 0 unspecified atom stereocenters. The van der Waals surface area contributed by atoms with Crippen molar-refractivity contribution in [3.63, 3.8) is 0 Å². The van der Waals surface area contributed by atoms with Crippen LogP contribution in [0, 0.1) is 5.92 Å². The van der Waals surface area contributed by atoms with Crippen LogP contribution in [0.15, 0.2) is 24.5 Å². The van der Waals surface area contributed by atoms with Gasteiger partial charge in [0.1, 0.15) is 17.9 Å². The Kier molecular flexibility index (Phi) is 5.39. The number of fused-ring (bicyclic) bond motifs is 1. The van der Waals surface area contributed by atoms with Gasteiger partial charge in [0.15, 0.2) is 0 Å². The van der Waals surface area contributed by atoms with E-state index in [0.29, 0.717) is 5.92 Å². The number of rotatable bonds is 6. The predicted octanol–water partition coefficient (Wildman–Crippen LogP) is 2.22. The average Bonchev–Trinajstić information content (AvgIpc) is 2.60. The van der Waals surface area contributed by atoms with Crippen molar-refractivity contribution in [2.75, 3.05) is 38.0 Å². The highest BCUT2D eigenvalue weighted by molar-refractivity contribution is 7.85. The Morgan fingerprint density at radius 3 is 2.68 bits per heavy atom. The van der Waals surface area contributed by atoms with E-state index in [0.717, 1.165) is 61.1 Å². The lowest BCUT2D eigenvalue weighted by molar-refractivity contribution is 0.264. The molecule has 25 heavy (non-hydrogen) atoms. The van der Waals surface area contributed by atoms with Gasteiger partial charge in [-0.05, 0) is 37.3 Å². The van der Waals surface area contributed by atoms with Crippen LogP contribution >= 0.6 is 0 Å². The monoisotopic (exact) mass is 365 g/mol. The number of aromatic nitrogens is 2. The Hall–Kier alpha value is -1.93. The topological polar surface area (TPSA) is 81.6 Å². The molecule has 0 bridgehead atoms. The minimum atomic E-state index is -3.35. The van der Waals surface area contributed by atoms with Crippen LogP contribution in [0.3, 0.4) is 0 Å². The van der Waals surface area contributed by atoms with Crippen molar-refractivity contribution in [2.24, 2.45) is 5.92 Å². The maximum Gasteiger partial charge on any atom is 0.264 e. The van der Waals surface area contributed by atoms with Crippen molar-refractivity contribution in [1.29, 1.82) is 0 Å². The normalized spacial score (nSPS) is 16.3. The second-order valence-corrected chi connectivity index (χ2v) is 7.97. The van der Waals surface area contributed by atoms with Crippen LogP contribution in [0.1, 0.15) is 19.3 Å². The number of anilines is 1. The standard InChI is InChI=1S/C17H23N3O4S/c1-23-14-3-4-15-16(11-14)18-12-19-17(15)20-8-5-13(6-9-20)7-10-24-25(2,21)22/h3-4,11-13H,5-10H2,1-2H3. The Morgan fingerprint density at radius 2 is 2.00 bits per heavy atom. The van der Waals surface area contributed by atoms with Gasteiger partial charge < -0.3 is 9.64 Å². The highest BCUT2D eigenvalue weighted by Gasteiger charge is 2.22. The molecule has 2 heterocycles. The minimum Gasteiger partial charge on any atom is -0.497 e. The molecule has 1 fully saturated rings. The summed E-state index contributed by atoms with van der Waals surface area (Å²) in [5.41, 5.74) is 0.869. The fourth-order valence-electron chi connectivity index (χ4n) is 3.20. The summed E-state index contributed by atoms with van der Waals surface area (Å²) in [5.74, 6) is 2.20. The van der Waals surface area contributed by atoms with Gasteiger partial charge in [-0.15, -0.1) is 0 Å². The highest BCUT2D eigenvalue weighted by Crippen LogP contribution is 2.30. The van der Waals surface area contributed by atoms with E-state index in [-0.39, 0.29) is 6.61 Å². The third kappa shape index (κ3) is 4.58. The van der Waals surface area contributed by atoms with E-state index in [1.165, 1.54) is 0 Å². The molecule has 0 aliphatic carbocycles. The summed E-state index contributed by atoms with van der Waals surface area (Å²) >= 11 is 0. The summed E-state index contributed by atoms with van der Waals surface area (Å²) in [6, 6.07) is 5.83. The molecule has 1 aromatic heterocycles. The zero-order valence-electron chi connectivity index (χ0n) is 14.5. The van der Waals surface area contributed by atoms with Gasteiger partial charge in [0, 0.05) is 24.5 Å². The largest absolute Gasteiger partial charge is 0.497 e. The van der Waals surface area contributed by atoms with E-state index in [2.05, 4.69) is 14.9 Å². The molecule has 8 heteroatoms. The quantitative estimate of drug-likeness (QED) is 0.726. The third-order valence-electron chi connectivity index (χ3n) is 4.56. The summed E-state index contributed by atoms with van der Waals surface area (Å²) in [6.07, 6.45) is 5.43. The molecule has 7 nitrogen and oxygen atoms in total. The molecule has 0 atom stereocenters. The molecule has 3 rings (SSSR count). The molecular weight excluding hydrogens is 342 g/mol. The number of ether oxygens (including phenoxy) is 1. The van der Waals surface area contributed by atoms with Crippen LogP contribution in [0.5, 0.6) is 5.75 Å². The van der Waals surface area contributed by atoms with Crippen LogP contribution in [0.2, 0.25) is 0 Å². The Morgan fingerprint density at radius 1 is 1.24 bits per heavy atom. The summed E-state index contributed by atoms with van der Waals surface area (Å²) in [5, 5.41) is 1.02. The second kappa shape index (κ2) is 7.53. The lowest BCUT2D eigenvalue weighted by Crippen LogP contribution is -2.34. The molecule has 136 valence electrons. The van der Waals surface area contributed by atoms with E-state index in [1.807, 2.05) is 18.2 Å². The molecule has 0 radical (unpaired) electrons. The summed E-state index contributed by atoms with van der Waals surface area (Å²) < 4.78 is 32.2. The first-order valence-corrected chi connectivity index (χ1v) is 10.2. The number of piperidine rings is 1. The maximum absolute atomic E-state index is 11.0. The van der Waals surface area contributed by atoms with Crippen LogP contribution in [-0.4, -0.2) is 51.4 Å². The first kappa shape index (κ1) is 17.9. The van der Waals surface area contributed by atoms with Crippen LogP contribution in [-0.2, 0) is 14.3 Å².